The van der Waals surface area contributed by atoms with Crippen LogP contribution in [0.1, 0.15) is 44.9 Å². The van der Waals surface area contributed by atoms with E-state index < -0.39 is 0 Å². The number of fused-ring (bicyclic) bond motifs is 1. The van der Waals surface area contributed by atoms with Gasteiger partial charge in [-0.1, -0.05) is 12.8 Å². The van der Waals surface area contributed by atoms with Gasteiger partial charge in [-0.2, -0.15) is 11.8 Å². The van der Waals surface area contributed by atoms with Crippen LogP contribution in [0.15, 0.2) is 0 Å². The van der Waals surface area contributed by atoms with Crippen molar-refractivity contribution >= 4 is 11.8 Å². The van der Waals surface area contributed by atoms with E-state index in [0.717, 1.165) is 18.0 Å². The van der Waals surface area contributed by atoms with E-state index in [0.29, 0.717) is 0 Å². The molecule has 2 saturated heterocycles. The summed E-state index contributed by atoms with van der Waals surface area (Å²) in [6.07, 6.45) is 10.3. The summed E-state index contributed by atoms with van der Waals surface area (Å²) in [5.74, 6) is 3.69. The number of rotatable bonds is 3. The summed E-state index contributed by atoms with van der Waals surface area (Å²) < 4.78 is 0. The Hall–Kier alpha value is 0.270. The van der Waals surface area contributed by atoms with Gasteiger partial charge in [0.05, 0.1) is 0 Å². The van der Waals surface area contributed by atoms with E-state index in [9.17, 15) is 0 Å². The summed E-state index contributed by atoms with van der Waals surface area (Å²) in [5.41, 5.74) is 0. The molecule has 0 aromatic heterocycles. The molecule has 2 heterocycles. The van der Waals surface area contributed by atoms with Crippen molar-refractivity contribution < 1.29 is 0 Å². The molecule has 2 aliphatic heterocycles. The highest BCUT2D eigenvalue weighted by molar-refractivity contribution is 7.99. The molecule has 1 N–H and O–H groups in total. The Labute approximate surface area is 116 Å². The molecule has 18 heavy (non-hydrogen) atoms. The Bertz CT molecular complexity index is 251. The topological polar surface area (TPSA) is 15.3 Å². The van der Waals surface area contributed by atoms with Crippen molar-refractivity contribution in [3.05, 3.63) is 0 Å². The van der Waals surface area contributed by atoms with Gasteiger partial charge in [0.25, 0.3) is 0 Å². The van der Waals surface area contributed by atoms with Gasteiger partial charge in [0.2, 0.25) is 0 Å². The molecular formula is C15H28N2S. The SMILES string of the molecule is C1CCC2C(C1)CCCN2CCC1CSCCN1. The van der Waals surface area contributed by atoms with E-state index in [2.05, 4.69) is 22.0 Å². The first-order chi connectivity index (χ1) is 8.93. The molecule has 3 aliphatic rings. The first-order valence-corrected chi connectivity index (χ1v) is 9.14. The summed E-state index contributed by atoms with van der Waals surface area (Å²) in [4.78, 5) is 2.84. The lowest BCUT2D eigenvalue weighted by atomic mass is 9.78. The third-order valence-corrected chi connectivity index (χ3v) is 6.25. The molecule has 0 aromatic rings. The molecule has 3 unspecified atom stereocenters. The molecule has 0 radical (unpaired) electrons. The highest BCUT2D eigenvalue weighted by atomic mass is 32.2. The summed E-state index contributed by atoms with van der Waals surface area (Å²) in [6.45, 7) is 3.95. The second-order valence-electron chi connectivity index (χ2n) is 6.30. The summed E-state index contributed by atoms with van der Waals surface area (Å²) in [5, 5.41) is 3.68. The number of nitrogens with zero attached hydrogens (tertiary/aromatic N) is 1. The van der Waals surface area contributed by atoms with Crippen LogP contribution in [0.25, 0.3) is 0 Å². The number of nitrogens with one attached hydrogen (secondary N) is 1. The van der Waals surface area contributed by atoms with Gasteiger partial charge in [-0.3, -0.25) is 0 Å². The van der Waals surface area contributed by atoms with Crippen molar-refractivity contribution in [1.29, 1.82) is 0 Å². The first kappa shape index (κ1) is 13.3. The maximum absolute atomic E-state index is 3.68. The molecule has 1 aliphatic carbocycles. The van der Waals surface area contributed by atoms with Crippen LogP contribution in [0.4, 0.5) is 0 Å². The van der Waals surface area contributed by atoms with Crippen LogP contribution in [0, 0.1) is 5.92 Å². The fourth-order valence-corrected chi connectivity index (χ4v) is 5.13. The van der Waals surface area contributed by atoms with Gasteiger partial charge in [0, 0.05) is 30.1 Å². The maximum Gasteiger partial charge on any atom is 0.0170 e. The summed E-state index contributed by atoms with van der Waals surface area (Å²) >= 11 is 2.13. The minimum absolute atomic E-state index is 0.785. The summed E-state index contributed by atoms with van der Waals surface area (Å²) in [6, 6.07) is 1.73. The van der Waals surface area contributed by atoms with E-state index in [1.807, 2.05) is 0 Å². The monoisotopic (exact) mass is 268 g/mol. The van der Waals surface area contributed by atoms with E-state index >= 15 is 0 Å². The zero-order chi connectivity index (χ0) is 12.2. The van der Waals surface area contributed by atoms with E-state index in [4.69, 9.17) is 0 Å². The Morgan fingerprint density at radius 3 is 2.89 bits per heavy atom. The van der Waals surface area contributed by atoms with Crippen molar-refractivity contribution in [3.63, 3.8) is 0 Å². The van der Waals surface area contributed by atoms with Crippen LogP contribution in [0.2, 0.25) is 0 Å². The normalized spacial score (nSPS) is 38.3. The highest BCUT2D eigenvalue weighted by Gasteiger charge is 2.33. The van der Waals surface area contributed by atoms with Gasteiger partial charge < -0.3 is 10.2 Å². The fourth-order valence-electron chi connectivity index (χ4n) is 4.13. The van der Waals surface area contributed by atoms with Gasteiger partial charge in [0.1, 0.15) is 0 Å². The molecule has 0 spiro atoms. The van der Waals surface area contributed by atoms with Gasteiger partial charge in [-0.25, -0.2) is 0 Å². The minimum atomic E-state index is 0.785. The third kappa shape index (κ3) is 3.23. The van der Waals surface area contributed by atoms with Crippen molar-refractivity contribution in [3.8, 4) is 0 Å². The lowest BCUT2D eigenvalue weighted by Crippen LogP contribution is -2.49. The number of likely N-dealkylation sites (tertiary alicyclic amines) is 1. The first-order valence-electron chi connectivity index (χ1n) is 7.98. The average molecular weight is 268 g/mol. The highest BCUT2D eigenvalue weighted by Crippen LogP contribution is 2.35. The predicted molar refractivity (Wildman–Crippen MR) is 80.3 cm³/mol. The lowest BCUT2D eigenvalue weighted by Gasteiger charge is -2.44. The zero-order valence-corrected chi connectivity index (χ0v) is 12.4. The molecule has 2 nitrogen and oxygen atoms in total. The molecule has 3 fully saturated rings. The number of hydrogen-bond donors (Lipinski definition) is 1. The van der Waals surface area contributed by atoms with Crippen molar-refractivity contribution in [1.82, 2.24) is 10.2 Å². The Morgan fingerprint density at radius 2 is 2.00 bits per heavy atom. The van der Waals surface area contributed by atoms with Gasteiger partial charge in [-0.15, -0.1) is 0 Å². The van der Waals surface area contributed by atoms with Crippen molar-refractivity contribution in [2.24, 2.45) is 5.92 Å². The van der Waals surface area contributed by atoms with E-state index in [-0.39, 0.29) is 0 Å². The lowest BCUT2D eigenvalue weighted by molar-refractivity contribution is 0.0582. The van der Waals surface area contributed by atoms with Crippen LogP contribution in [0.5, 0.6) is 0 Å². The largest absolute Gasteiger partial charge is 0.312 e. The third-order valence-electron chi connectivity index (χ3n) is 5.12. The predicted octanol–water partition coefficient (Wildman–Crippen LogP) is 2.74. The molecule has 3 rings (SSSR count). The average Bonchev–Trinajstić information content (AvgIpc) is 2.46. The van der Waals surface area contributed by atoms with Crippen molar-refractivity contribution in [2.45, 2.75) is 57.0 Å². The maximum atomic E-state index is 3.68. The molecule has 0 bridgehead atoms. The molecular weight excluding hydrogens is 240 g/mol. The fraction of sp³-hybridized carbons (Fsp3) is 1.00. The number of piperidine rings is 1. The Balaban J connectivity index is 1.48. The van der Waals surface area contributed by atoms with Crippen molar-refractivity contribution in [2.75, 3.05) is 31.1 Å². The summed E-state index contributed by atoms with van der Waals surface area (Å²) in [7, 11) is 0. The Kier molecular flexibility index (Phi) is 4.88. The van der Waals surface area contributed by atoms with Gasteiger partial charge in [-0.05, 0) is 51.1 Å². The van der Waals surface area contributed by atoms with Crippen LogP contribution in [0.3, 0.4) is 0 Å². The molecule has 104 valence electrons. The molecule has 0 amide bonds. The van der Waals surface area contributed by atoms with Crippen LogP contribution in [-0.4, -0.2) is 48.1 Å². The van der Waals surface area contributed by atoms with Crippen LogP contribution < -0.4 is 5.32 Å². The second kappa shape index (κ2) is 6.62. The zero-order valence-electron chi connectivity index (χ0n) is 11.6. The quantitative estimate of drug-likeness (QED) is 0.847. The number of thioether (sulfide) groups is 1. The second-order valence-corrected chi connectivity index (χ2v) is 7.45. The van der Waals surface area contributed by atoms with Crippen LogP contribution >= 0.6 is 11.8 Å². The van der Waals surface area contributed by atoms with Gasteiger partial charge >= 0.3 is 0 Å². The Morgan fingerprint density at radius 1 is 1.11 bits per heavy atom. The van der Waals surface area contributed by atoms with Crippen LogP contribution in [-0.2, 0) is 0 Å². The van der Waals surface area contributed by atoms with Gasteiger partial charge in [0.15, 0.2) is 0 Å². The molecule has 0 aromatic carbocycles. The molecule has 3 atom stereocenters. The smallest absolute Gasteiger partial charge is 0.0170 e. The molecule has 3 heteroatoms. The number of hydrogen-bond acceptors (Lipinski definition) is 3. The minimum Gasteiger partial charge on any atom is -0.312 e. The van der Waals surface area contributed by atoms with E-state index in [1.54, 1.807) is 0 Å². The van der Waals surface area contributed by atoms with E-state index in [1.165, 1.54) is 76.1 Å². The standard InChI is InChI=1S/C15H28N2S/c1-2-6-15-13(4-1)5-3-9-17(15)10-7-14-12-18-11-8-16-14/h13-16H,1-12H2. The molecule has 1 saturated carbocycles.